The molecule has 8 heteroatoms. The van der Waals surface area contributed by atoms with Gasteiger partial charge in [-0.1, -0.05) is 35.9 Å². The van der Waals surface area contributed by atoms with E-state index in [9.17, 15) is 0 Å². The second kappa shape index (κ2) is 12.2. The van der Waals surface area contributed by atoms with Gasteiger partial charge < -0.3 is 15.4 Å². The first-order valence-electron chi connectivity index (χ1n) is 9.18. The van der Waals surface area contributed by atoms with Crippen molar-refractivity contribution in [2.45, 2.75) is 12.6 Å². The number of ether oxygens (including phenoxy) is 1. The average molecular weight is 516 g/mol. The number of pyridine rings is 1. The first-order valence-corrected chi connectivity index (χ1v) is 9.56. The second-order valence-electron chi connectivity index (χ2n) is 6.31. The Morgan fingerprint density at radius 1 is 1.18 bits per heavy atom. The molecular formula is C20H27ClIN5O. The van der Waals surface area contributed by atoms with E-state index in [1.807, 2.05) is 36.4 Å². The van der Waals surface area contributed by atoms with Crippen LogP contribution in [-0.4, -0.2) is 55.7 Å². The van der Waals surface area contributed by atoms with E-state index in [1.165, 1.54) is 0 Å². The Morgan fingerprint density at radius 3 is 2.61 bits per heavy atom. The van der Waals surface area contributed by atoms with Gasteiger partial charge in [-0.15, -0.1) is 24.0 Å². The van der Waals surface area contributed by atoms with Gasteiger partial charge in [-0.05, 0) is 23.8 Å². The zero-order chi connectivity index (χ0) is 18.9. The average Bonchev–Trinajstić information content (AvgIpc) is 2.73. The Morgan fingerprint density at radius 2 is 1.93 bits per heavy atom. The number of aliphatic imine (C=N–C) groups is 1. The van der Waals surface area contributed by atoms with Crippen molar-refractivity contribution >= 4 is 41.5 Å². The predicted octanol–water partition coefficient (Wildman–Crippen LogP) is 3.09. The number of hydrogen-bond donors (Lipinski definition) is 2. The predicted molar refractivity (Wildman–Crippen MR) is 124 cm³/mol. The number of nitrogens with zero attached hydrogens (tertiary/aromatic N) is 3. The summed E-state index contributed by atoms with van der Waals surface area (Å²) >= 11 is 6.49. The SMILES string of the molecule is CN=C(NCc1ccccn1)NCC(c1ccccc1Cl)N1CCOCC1.I. The molecule has 1 saturated heterocycles. The molecule has 1 fully saturated rings. The van der Waals surface area contributed by atoms with Crippen LogP contribution in [0.1, 0.15) is 17.3 Å². The molecule has 1 aliphatic heterocycles. The van der Waals surface area contributed by atoms with E-state index in [1.54, 1.807) is 13.2 Å². The van der Waals surface area contributed by atoms with Crippen LogP contribution in [0.2, 0.25) is 5.02 Å². The van der Waals surface area contributed by atoms with Crippen LogP contribution in [0.3, 0.4) is 0 Å². The Bertz CT molecular complexity index is 740. The van der Waals surface area contributed by atoms with Crippen LogP contribution in [0.4, 0.5) is 0 Å². The minimum Gasteiger partial charge on any atom is -0.379 e. The third kappa shape index (κ3) is 6.58. The number of benzene rings is 1. The molecule has 1 aliphatic rings. The Kier molecular flexibility index (Phi) is 9.97. The molecular weight excluding hydrogens is 489 g/mol. The molecule has 2 N–H and O–H groups in total. The molecule has 0 spiro atoms. The molecule has 0 bridgehead atoms. The highest BCUT2D eigenvalue weighted by Crippen LogP contribution is 2.27. The summed E-state index contributed by atoms with van der Waals surface area (Å²) in [7, 11) is 1.77. The molecule has 0 aliphatic carbocycles. The van der Waals surface area contributed by atoms with Crippen LogP contribution in [-0.2, 0) is 11.3 Å². The fraction of sp³-hybridized carbons (Fsp3) is 0.400. The number of morpholine rings is 1. The fourth-order valence-electron chi connectivity index (χ4n) is 3.16. The highest BCUT2D eigenvalue weighted by atomic mass is 127. The Balaban J connectivity index is 0.00000280. The van der Waals surface area contributed by atoms with Gasteiger partial charge in [0.05, 0.1) is 31.5 Å². The van der Waals surface area contributed by atoms with Crippen molar-refractivity contribution < 1.29 is 4.74 Å². The molecule has 28 heavy (non-hydrogen) atoms. The lowest BCUT2D eigenvalue weighted by Crippen LogP contribution is -2.46. The summed E-state index contributed by atoms with van der Waals surface area (Å²) in [6, 6.07) is 14.1. The molecule has 1 aromatic carbocycles. The van der Waals surface area contributed by atoms with E-state index in [4.69, 9.17) is 16.3 Å². The van der Waals surface area contributed by atoms with Gasteiger partial charge in [-0.2, -0.15) is 0 Å². The molecule has 1 aromatic heterocycles. The fourth-order valence-corrected chi connectivity index (χ4v) is 3.42. The number of guanidine groups is 1. The summed E-state index contributed by atoms with van der Waals surface area (Å²) in [6.45, 7) is 4.58. The second-order valence-corrected chi connectivity index (χ2v) is 6.72. The van der Waals surface area contributed by atoms with Crippen molar-refractivity contribution in [1.29, 1.82) is 0 Å². The van der Waals surface area contributed by atoms with Crippen LogP contribution < -0.4 is 10.6 Å². The standard InChI is InChI=1S/C20H26ClN5O.HI/c1-22-20(24-14-16-6-4-5-9-23-16)25-15-19(26-10-12-27-13-11-26)17-7-2-3-8-18(17)21;/h2-9,19H,10-15H2,1H3,(H2,22,24,25);1H. The topological polar surface area (TPSA) is 61.8 Å². The molecule has 3 rings (SSSR count). The summed E-state index contributed by atoms with van der Waals surface area (Å²) in [4.78, 5) is 11.1. The molecule has 1 atom stereocenters. The van der Waals surface area contributed by atoms with Crippen molar-refractivity contribution in [1.82, 2.24) is 20.5 Å². The van der Waals surface area contributed by atoms with Crippen LogP contribution in [0, 0.1) is 0 Å². The summed E-state index contributed by atoms with van der Waals surface area (Å²) in [5.41, 5.74) is 2.09. The smallest absolute Gasteiger partial charge is 0.191 e. The zero-order valence-corrected chi connectivity index (χ0v) is 19.1. The molecule has 1 unspecified atom stereocenters. The number of nitrogens with one attached hydrogen (secondary N) is 2. The van der Waals surface area contributed by atoms with Crippen molar-refractivity contribution in [3.8, 4) is 0 Å². The maximum Gasteiger partial charge on any atom is 0.191 e. The van der Waals surface area contributed by atoms with E-state index >= 15 is 0 Å². The van der Waals surface area contributed by atoms with Gasteiger partial charge in [0, 0.05) is 37.9 Å². The van der Waals surface area contributed by atoms with E-state index in [2.05, 4.69) is 31.6 Å². The van der Waals surface area contributed by atoms with Gasteiger partial charge in [0.15, 0.2) is 5.96 Å². The first-order chi connectivity index (χ1) is 13.3. The molecule has 6 nitrogen and oxygen atoms in total. The van der Waals surface area contributed by atoms with Crippen LogP contribution in [0.15, 0.2) is 53.7 Å². The third-order valence-electron chi connectivity index (χ3n) is 4.60. The van der Waals surface area contributed by atoms with Crippen LogP contribution >= 0.6 is 35.6 Å². The summed E-state index contributed by atoms with van der Waals surface area (Å²) in [5, 5.41) is 7.53. The number of halogens is 2. The Hall–Kier alpha value is -1.42. The molecule has 2 aromatic rings. The minimum atomic E-state index is 0. The summed E-state index contributed by atoms with van der Waals surface area (Å²) in [5.74, 6) is 0.742. The van der Waals surface area contributed by atoms with Gasteiger partial charge in [-0.3, -0.25) is 14.9 Å². The van der Waals surface area contributed by atoms with Crippen molar-refractivity contribution in [2.75, 3.05) is 39.9 Å². The number of aromatic nitrogens is 1. The molecule has 0 amide bonds. The molecule has 0 radical (unpaired) electrons. The van der Waals surface area contributed by atoms with Crippen molar-refractivity contribution in [3.63, 3.8) is 0 Å². The monoisotopic (exact) mass is 515 g/mol. The maximum absolute atomic E-state index is 6.49. The van der Waals surface area contributed by atoms with Crippen LogP contribution in [0.5, 0.6) is 0 Å². The quantitative estimate of drug-likeness (QED) is 0.352. The highest BCUT2D eigenvalue weighted by Gasteiger charge is 2.24. The lowest BCUT2D eigenvalue weighted by atomic mass is 10.0. The largest absolute Gasteiger partial charge is 0.379 e. The zero-order valence-electron chi connectivity index (χ0n) is 16.0. The minimum absolute atomic E-state index is 0. The summed E-state index contributed by atoms with van der Waals surface area (Å²) < 4.78 is 5.51. The van der Waals surface area contributed by atoms with Crippen molar-refractivity contribution in [2.24, 2.45) is 4.99 Å². The normalized spacial score (nSPS) is 16.1. The lowest BCUT2D eigenvalue weighted by molar-refractivity contribution is 0.0170. The van der Waals surface area contributed by atoms with Crippen molar-refractivity contribution in [3.05, 3.63) is 64.9 Å². The number of hydrogen-bond acceptors (Lipinski definition) is 4. The highest BCUT2D eigenvalue weighted by molar-refractivity contribution is 14.0. The lowest BCUT2D eigenvalue weighted by Gasteiger charge is -2.35. The van der Waals surface area contributed by atoms with E-state index in [0.717, 1.165) is 48.5 Å². The van der Waals surface area contributed by atoms with Crippen LogP contribution in [0.25, 0.3) is 0 Å². The molecule has 152 valence electrons. The molecule has 0 saturated carbocycles. The van der Waals surface area contributed by atoms with Gasteiger partial charge in [0.25, 0.3) is 0 Å². The maximum atomic E-state index is 6.49. The van der Waals surface area contributed by atoms with E-state index < -0.39 is 0 Å². The summed E-state index contributed by atoms with van der Waals surface area (Å²) in [6.07, 6.45) is 1.79. The van der Waals surface area contributed by atoms with Gasteiger partial charge in [0.1, 0.15) is 0 Å². The first kappa shape index (κ1) is 22.9. The Labute approximate surface area is 188 Å². The van der Waals surface area contributed by atoms with Gasteiger partial charge in [-0.25, -0.2) is 0 Å². The van der Waals surface area contributed by atoms with E-state index in [-0.39, 0.29) is 30.0 Å². The third-order valence-corrected chi connectivity index (χ3v) is 4.94. The van der Waals surface area contributed by atoms with E-state index in [0.29, 0.717) is 13.1 Å². The molecule has 2 heterocycles. The number of rotatable bonds is 6. The van der Waals surface area contributed by atoms with Gasteiger partial charge >= 0.3 is 0 Å². The van der Waals surface area contributed by atoms with Gasteiger partial charge in [0.2, 0.25) is 0 Å².